The van der Waals surface area contributed by atoms with Crippen LogP contribution in [0.1, 0.15) is 21.5 Å². The molecule has 0 saturated heterocycles. The predicted molar refractivity (Wildman–Crippen MR) is 82.0 cm³/mol. The van der Waals surface area contributed by atoms with Crippen LogP contribution in [0.2, 0.25) is 0 Å². The zero-order chi connectivity index (χ0) is 14.8. The van der Waals surface area contributed by atoms with E-state index >= 15 is 0 Å². The first-order valence-electron chi connectivity index (χ1n) is 6.78. The number of rotatable bonds is 3. The molecule has 0 radical (unpaired) electrons. The third kappa shape index (κ3) is 2.42. The minimum atomic E-state index is 0.0831. The average molecular weight is 280 g/mol. The Bertz CT molecular complexity index is 712. The fraction of sp³-hybridized carbons (Fsp3) is 0.167. The molecule has 0 N–H and O–H groups in total. The molecule has 3 heteroatoms. The van der Waals surface area contributed by atoms with E-state index in [9.17, 15) is 4.79 Å². The van der Waals surface area contributed by atoms with Gasteiger partial charge in [-0.2, -0.15) is 0 Å². The van der Waals surface area contributed by atoms with Gasteiger partial charge in [-0.15, -0.1) is 0 Å². The van der Waals surface area contributed by atoms with Crippen LogP contribution in [0.15, 0.2) is 48.0 Å². The highest BCUT2D eigenvalue weighted by Gasteiger charge is 2.27. The number of ether oxygens (including phenoxy) is 2. The summed E-state index contributed by atoms with van der Waals surface area (Å²) in [6.45, 7) is 0. The van der Waals surface area contributed by atoms with E-state index in [0.717, 1.165) is 33.8 Å². The van der Waals surface area contributed by atoms with Crippen LogP contribution in [0.25, 0.3) is 6.08 Å². The maximum Gasteiger partial charge on any atom is 0.189 e. The van der Waals surface area contributed by atoms with Crippen LogP contribution in [-0.2, 0) is 6.42 Å². The first-order chi connectivity index (χ1) is 10.2. The van der Waals surface area contributed by atoms with Crippen LogP contribution in [0.5, 0.6) is 11.5 Å². The van der Waals surface area contributed by atoms with Gasteiger partial charge in [0.25, 0.3) is 0 Å². The highest BCUT2D eigenvalue weighted by molar-refractivity contribution is 6.16. The number of hydrogen-bond donors (Lipinski definition) is 0. The molecule has 2 aromatic rings. The van der Waals surface area contributed by atoms with Crippen molar-refractivity contribution in [2.75, 3.05) is 14.2 Å². The summed E-state index contributed by atoms with van der Waals surface area (Å²) in [5.41, 5.74) is 3.50. The zero-order valence-corrected chi connectivity index (χ0v) is 12.1. The molecule has 0 bridgehead atoms. The summed E-state index contributed by atoms with van der Waals surface area (Å²) in [6, 6.07) is 13.3. The standard InChI is InChI=1S/C18H16O3/c1-20-14-8-6-12(7-9-14)10-13-11-16-15(18(13)19)4-3-5-17(16)21-2/h3-10H,11H2,1-2H3/b13-10+. The molecule has 2 aromatic carbocycles. The number of hydrogen-bond acceptors (Lipinski definition) is 3. The summed E-state index contributed by atoms with van der Waals surface area (Å²) < 4.78 is 10.5. The van der Waals surface area contributed by atoms with Gasteiger partial charge in [0, 0.05) is 23.1 Å². The highest BCUT2D eigenvalue weighted by atomic mass is 16.5. The van der Waals surface area contributed by atoms with E-state index in [4.69, 9.17) is 9.47 Å². The van der Waals surface area contributed by atoms with Crippen LogP contribution in [0.3, 0.4) is 0 Å². The number of methoxy groups -OCH3 is 2. The quantitative estimate of drug-likeness (QED) is 0.807. The molecule has 0 atom stereocenters. The van der Waals surface area contributed by atoms with Crippen molar-refractivity contribution in [1.82, 2.24) is 0 Å². The largest absolute Gasteiger partial charge is 0.497 e. The van der Waals surface area contributed by atoms with Gasteiger partial charge in [-0.1, -0.05) is 24.3 Å². The summed E-state index contributed by atoms with van der Waals surface area (Å²) in [5.74, 6) is 1.67. The average Bonchev–Trinajstić information content (AvgIpc) is 2.84. The Morgan fingerprint density at radius 3 is 2.43 bits per heavy atom. The molecule has 21 heavy (non-hydrogen) atoms. The molecule has 0 fully saturated rings. The van der Waals surface area contributed by atoms with Crippen LogP contribution in [0.4, 0.5) is 0 Å². The van der Waals surface area contributed by atoms with Crippen molar-refractivity contribution in [2.24, 2.45) is 0 Å². The summed E-state index contributed by atoms with van der Waals surface area (Å²) in [7, 11) is 3.27. The lowest BCUT2D eigenvalue weighted by Gasteiger charge is -2.04. The Labute approximate surface area is 123 Å². The fourth-order valence-electron chi connectivity index (χ4n) is 2.61. The number of fused-ring (bicyclic) bond motifs is 1. The first-order valence-corrected chi connectivity index (χ1v) is 6.78. The van der Waals surface area contributed by atoms with Gasteiger partial charge in [0.1, 0.15) is 11.5 Å². The Balaban J connectivity index is 1.94. The molecular formula is C18H16O3. The van der Waals surface area contributed by atoms with Crippen molar-refractivity contribution in [3.05, 3.63) is 64.7 Å². The summed E-state index contributed by atoms with van der Waals surface area (Å²) in [4.78, 5) is 12.4. The molecule has 3 nitrogen and oxygen atoms in total. The van der Waals surface area contributed by atoms with Gasteiger partial charge in [0.05, 0.1) is 14.2 Å². The summed E-state index contributed by atoms with van der Waals surface area (Å²) in [5, 5.41) is 0. The minimum absolute atomic E-state index is 0.0831. The minimum Gasteiger partial charge on any atom is -0.497 e. The number of carbonyl (C=O) groups excluding carboxylic acids is 1. The van der Waals surface area contributed by atoms with Crippen molar-refractivity contribution < 1.29 is 14.3 Å². The Morgan fingerprint density at radius 1 is 1.00 bits per heavy atom. The van der Waals surface area contributed by atoms with Gasteiger partial charge in [-0.3, -0.25) is 4.79 Å². The van der Waals surface area contributed by atoms with Crippen molar-refractivity contribution in [3.63, 3.8) is 0 Å². The van der Waals surface area contributed by atoms with E-state index in [1.54, 1.807) is 14.2 Å². The van der Waals surface area contributed by atoms with Crippen LogP contribution < -0.4 is 9.47 Å². The van der Waals surface area contributed by atoms with E-state index in [1.807, 2.05) is 48.5 Å². The molecule has 0 aromatic heterocycles. The van der Waals surface area contributed by atoms with E-state index in [0.29, 0.717) is 6.42 Å². The molecule has 1 aliphatic rings. The molecule has 3 rings (SSSR count). The summed E-state index contributed by atoms with van der Waals surface area (Å²) in [6.07, 6.45) is 2.55. The monoisotopic (exact) mass is 280 g/mol. The van der Waals surface area contributed by atoms with Gasteiger partial charge >= 0.3 is 0 Å². The Kier molecular flexibility index (Phi) is 3.48. The van der Waals surface area contributed by atoms with Gasteiger partial charge in [0.15, 0.2) is 5.78 Å². The van der Waals surface area contributed by atoms with Crippen LogP contribution >= 0.6 is 0 Å². The zero-order valence-electron chi connectivity index (χ0n) is 12.1. The number of allylic oxidation sites excluding steroid dienone is 1. The van der Waals surface area contributed by atoms with Gasteiger partial charge < -0.3 is 9.47 Å². The predicted octanol–water partition coefficient (Wildman–Crippen LogP) is 3.53. The number of benzene rings is 2. The van der Waals surface area contributed by atoms with Crippen molar-refractivity contribution in [2.45, 2.75) is 6.42 Å². The van der Waals surface area contributed by atoms with Crippen molar-refractivity contribution >= 4 is 11.9 Å². The lowest BCUT2D eigenvalue weighted by Crippen LogP contribution is -1.95. The van der Waals surface area contributed by atoms with Crippen LogP contribution in [0, 0.1) is 0 Å². The van der Waals surface area contributed by atoms with E-state index in [2.05, 4.69) is 0 Å². The molecule has 106 valence electrons. The smallest absolute Gasteiger partial charge is 0.189 e. The van der Waals surface area contributed by atoms with Crippen molar-refractivity contribution in [1.29, 1.82) is 0 Å². The SMILES string of the molecule is COc1ccc(/C=C2\Cc3c(OC)cccc3C2=O)cc1. The van der Waals surface area contributed by atoms with E-state index in [1.165, 1.54) is 0 Å². The lowest BCUT2D eigenvalue weighted by molar-refractivity contribution is 0.104. The Hall–Kier alpha value is -2.55. The molecule has 0 amide bonds. The normalized spacial score (nSPS) is 15.1. The van der Waals surface area contributed by atoms with Crippen LogP contribution in [-0.4, -0.2) is 20.0 Å². The molecule has 0 heterocycles. The molecule has 0 spiro atoms. The first kappa shape index (κ1) is 13.4. The lowest BCUT2D eigenvalue weighted by atomic mass is 10.1. The second-order valence-electron chi connectivity index (χ2n) is 4.94. The molecule has 0 saturated carbocycles. The van der Waals surface area contributed by atoms with Gasteiger partial charge in [-0.25, -0.2) is 0 Å². The molecule has 1 aliphatic carbocycles. The number of carbonyl (C=O) groups is 1. The van der Waals surface area contributed by atoms with Gasteiger partial charge in [-0.05, 0) is 29.8 Å². The third-order valence-corrected chi connectivity index (χ3v) is 3.71. The second kappa shape index (κ2) is 5.44. The Morgan fingerprint density at radius 2 is 1.76 bits per heavy atom. The fourth-order valence-corrected chi connectivity index (χ4v) is 2.61. The number of ketones is 1. The van der Waals surface area contributed by atoms with E-state index < -0.39 is 0 Å². The summed E-state index contributed by atoms with van der Waals surface area (Å²) >= 11 is 0. The highest BCUT2D eigenvalue weighted by Crippen LogP contribution is 2.34. The topological polar surface area (TPSA) is 35.5 Å². The van der Waals surface area contributed by atoms with Gasteiger partial charge in [0.2, 0.25) is 0 Å². The third-order valence-electron chi connectivity index (χ3n) is 3.71. The maximum atomic E-state index is 12.4. The molecule has 0 unspecified atom stereocenters. The molecular weight excluding hydrogens is 264 g/mol. The van der Waals surface area contributed by atoms with Crippen molar-refractivity contribution in [3.8, 4) is 11.5 Å². The molecule has 0 aliphatic heterocycles. The number of Topliss-reactive ketones (excluding diaryl/α,β-unsaturated/α-hetero) is 1. The second-order valence-corrected chi connectivity index (χ2v) is 4.94. The van der Waals surface area contributed by atoms with E-state index in [-0.39, 0.29) is 5.78 Å². The maximum absolute atomic E-state index is 12.4.